The van der Waals surface area contributed by atoms with E-state index in [9.17, 15) is 4.79 Å². The summed E-state index contributed by atoms with van der Waals surface area (Å²) in [5, 5.41) is 6.39. The van der Waals surface area contributed by atoms with Gasteiger partial charge in [0.2, 0.25) is 0 Å². The summed E-state index contributed by atoms with van der Waals surface area (Å²) in [6, 6.07) is 0.144. The van der Waals surface area contributed by atoms with Gasteiger partial charge in [0.15, 0.2) is 0 Å². The lowest BCUT2D eigenvalue weighted by molar-refractivity contribution is 0.205. The van der Waals surface area contributed by atoms with Gasteiger partial charge in [0.25, 0.3) is 0 Å². The van der Waals surface area contributed by atoms with Crippen LogP contribution in [0.4, 0.5) is 4.79 Å². The standard InChI is InChI=1S/C11H21N3O/c15-11(14-7-1-2-8-14)13-9-10-3-5-12-6-4-10/h10,12H,1-9H2,(H,13,15). The SMILES string of the molecule is O=C(NCC1CCNCC1)N1CCCC1. The molecule has 4 nitrogen and oxygen atoms in total. The molecule has 2 fully saturated rings. The van der Waals surface area contributed by atoms with Crippen LogP contribution in [0.2, 0.25) is 0 Å². The van der Waals surface area contributed by atoms with Crippen molar-refractivity contribution in [2.24, 2.45) is 5.92 Å². The van der Waals surface area contributed by atoms with Crippen LogP contribution in [-0.2, 0) is 0 Å². The summed E-state index contributed by atoms with van der Waals surface area (Å²) < 4.78 is 0. The fourth-order valence-electron chi connectivity index (χ4n) is 2.35. The minimum atomic E-state index is 0.144. The Morgan fingerprint density at radius 1 is 1.27 bits per heavy atom. The van der Waals surface area contributed by atoms with Crippen LogP contribution in [0.15, 0.2) is 0 Å². The van der Waals surface area contributed by atoms with Crippen molar-refractivity contribution in [1.82, 2.24) is 15.5 Å². The zero-order valence-corrected chi connectivity index (χ0v) is 9.30. The summed E-state index contributed by atoms with van der Waals surface area (Å²) in [7, 11) is 0. The molecule has 2 rings (SSSR count). The zero-order valence-electron chi connectivity index (χ0n) is 9.30. The van der Waals surface area contributed by atoms with E-state index in [-0.39, 0.29) is 6.03 Å². The molecule has 0 saturated carbocycles. The van der Waals surface area contributed by atoms with Crippen molar-refractivity contribution in [2.75, 3.05) is 32.7 Å². The van der Waals surface area contributed by atoms with Crippen LogP contribution in [0, 0.1) is 5.92 Å². The van der Waals surface area contributed by atoms with Crippen LogP contribution in [0.1, 0.15) is 25.7 Å². The minimum Gasteiger partial charge on any atom is -0.338 e. The molecule has 0 spiro atoms. The van der Waals surface area contributed by atoms with Gasteiger partial charge >= 0.3 is 6.03 Å². The molecule has 2 N–H and O–H groups in total. The molecule has 0 aromatic rings. The fourth-order valence-corrected chi connectivity index (χ4v) is 2.35. The lowest BCUT2D eigenvalue weighted by Gasteiger charge is -2.24. The minimum absolute atomic E-state index is 0.144. The number of carbonyl (C=O) groups excluding carboxylic acids is 1. The van der Waals surface area contributed by atoms with E-state index >= 15 is 0 Å². The number of hydrogen-bond donors (Lipinski definition) is 2. The predicted molar refractivity (Wildman–Crippen MR) is 59.8 cm³/mol. The molecule has 0 aromatic heterocycles. The Morgan fingerprint density at radius 3 is 2.60 bits per heavy atom. The fraction of sp³-hybridized carbons (Fsp3) is 0.909. The first kappa shape index (κ1) is 10.7. The number of hydrogen-bond acceptors (Lipinski definition) is 2. The van der Waals surface area contributed by atoms with Crippen LogP contribution in [0.25, 0.3) is 0 Å². The average Bonchev–Trinajstić information content (AvgIpc) is 2.81. The van der Waals surface area contributed by atoms with Crippen molar-refractivity contribution in [1.29, 1.82) is 0 Å². The molecule has 0 radical (unpaired) electrons. The molecule has 0 bridgehead atoms. The van der Waals surface area contributed by atoms with Crippen molar-refractivity contribution in [3.05, 3.63) is 0 Å². The molecular weight excluding hydrogens is 190 g/mol. The van der Waals surface area contributed by atoms with E-state index in [1.165, 1.54) is 25.7 Å². The van der Waals surface area contributed by atoms with Crippen molar-refractivity contribution >= 4 is 6.03 Å². The number of amides is 2. The molecule has 2 amide bonds. The number of urea groups is 1. The molecule has 2 heterocycles. The van der Waals surface area contributed by atoms with E-state index in [2.05, 4.69) is 10.6 Å². The number of likely N-dealkylation sites (tertiary alicyclic amines) is 1. The van der Waals surface area contributed by atoms with E-state index in [1.807, 2.05) is 4.90 Å². The van der Waals surface area contributed by atoms with Crippen molar-refractivity contribution in [2.45, 2.75) is 25.7 Å². The Labute approximate surface area is 91.4 Å². The molecule has 0 atom stereocenters. The van der Waals surface area contributed by atoms with Gasteiger partial charge in [0, 0.05) is 19.6 Å². The molecule has 86 valence electrons. The highest BCUT2D eigenvalue weighted by Gasteiger charge is 2.19. The van der Waals surface area contributed by atoms with Crippen molar-refractivity contribution in [3.8, 4) is 0 Å². The van der Waals surface area contributed by atoms with Gasteiger partial charge < -0.3 is 15.5 Å². The molecule has 0 aliphatic carbocycles. The molecule has 0 aromatic carbocycles. The number of nitrogens with one attached hydrogen (secondary N) is 2. The Hall–Kier alpha value is -0.770. The van der Waals surface area contributed by atoms with Crippen LogP contribution in [0.3, 0.4) is 0 Å². The summed E-state index contributed by atoms with van der Waals surface area (Å²) in [6.45, 7) is 4.95. The van der Waals surface area contributed by atoms with Gasteiger partial charge in [-0.2, -0.15) is 0 Å². The Bertz CT molecular complexity index is 208. The van der Waals surface area contributed by atoms with Gasteiger partial charge in [-0.15, -0.1) is 0 Å². The number of rotatable bonds is 2. The maximum atomic E-state index is 11.7. The second-order valence-corrected chi connectivity index (χ2v) is 4.57. The van der Waals surface area contributed by atoms with Crippen LogP contribution in [-0.4, -0.2) is 43.7 Å². The predicted octanol–water partition coefficient (Wildman–Crippen LogP) is 0.791. The second-order valence-electron chi connectivity index (χ2n) is 4.57. The quantitative estimate of drug-likeness (QED) is 0.709. The summed E-state index contributed by atoms with van der Waals surface area (Å²) >= 11 is 0. The summed E-state index contributed by atoms with van der Waals surface area (Å²) in [5.41, 5.74) is 0. The van der Waals surface area contributed by atoms with Crippen molar-refractivity contribution in [3.63, 3.8) is 0 Å². The normalized spacial score (nSPS) is 23.1. The third-order valence-corrected chi connectivity index (χ3v) is 3.39. The third kappa shape index (κ3) is 3.09. The highest BCUT2D eigenvalue weighted by molar-refractivity contribution is 5.74. The Kier molecular flexibility index (Phi) is 3.83. The Balaban J connectivity index is 1.65. The van der Waals surface area contributed by atoms with E-state index in [0.29, 0.717) is 5.92 Å². The highest BCUT2D eigenvalue weighted by Crippen LogP contribution is 2.11. The van der Waals surface area contributed by atoms with Gasteiger partial charge in [-0.3, -0.25) is 0 Å². The Morgan fingerprint density at radius 2 is 1.93 bits per heavy atom. The molecule has 4 heteroatoms. The van der Waals surface area contributed by atoms with E-state index in [4.69, 9.17) is 0 Å². The average molecular weight is 211 g/mol. The van der Waals surface area contributed by atoms with Gasteiger partial charge in [-0.05, 0) is 44.7 Å². The monoisotopic (exact) mass is 211 g/mol. The molecule has 2 aliphatic rings. The molecule has 2 aliphatic heterocycles. The third-order valence-electron chi connectivity index (χ3n) is 3.39. The first-order valence-corrected chi connectivity index (χ1v) is 6.10. The lowest BCUT2D eigenvalue weighted by Crippen LogP contribution is -2.42. The molecular formula is C11H21N3O. The second kappa shape index (κ2) is 5.35. The van der Waals surface area contributed by atoms with E-state index in [0.717, 1.165) is 32.7 Å². The van der Waals surface area contributed by atoms with E-state index in [1.54, 1.807) is 0 Å². The molecule has 2 saturated heterocycles. The van der Waals surface area contributed by atoms with Crippen LogP contribution in [0.5, 0.6) is 0 Å². The van der Waals surface area contributed by atoms with Crippen molar-refractivity contribution < 1.29 is 4.79 Å². The molecule has 0 unspecified atom stereocenters. The highest BCUT2D eigenvalue weighted by atomic mass is 16.2. The number of piperidine rings is 1. The van der Waals surface area contributed by atoms with Crippen LogP contribution < -0.4 is 10.6 Å². The van der Waals surface area contributed by atoms with E-state index < -0.39 is 0 Å². The van der Waals surface area contributed by atoms with Gasteiger partial charge in [0.1, 0.15) is 0 Å². The van der Waals surface area contributed by atoms with Crippen LogP contribution >= 0.6 is 0 Å². The van der Waals surface area contributed by atoms with Gasteiger partial charge in [-0.25, -0.2) is 4.79 Å². The summed E-state index contributed by atoms with van der Waals surface area (Å²) in [5.74, 6) is 0.679. The maximum absolute atomic E-state index is 11.7. The number of nitrogens with zero attached hydrogens (tertiary/aromatic N) is 1. The summed E-state index contributed by atoms with van der Waals surface area (Å²) in [6.07, 6.45) is 4.72. The lowest BCUT2D eigenvalue weighted by atomic mass is 9.98. The maximum Gasteiger partial charge on any atom is 0.317 e. The summed E-state index contributed by atoms with van der Waals surface area (Å²) in [4.78, 5) is 13.6. The van der Waals surface area contributed by atoms with Gasteiger partial charge in [-0.1, -0.05) is 0 Å². The number of carbonyl (C=O) groups is 1. The largest absolute Gasteiger partial charge is 0.338 e. The van der Waals surface area contributed by atoms with Gasteiger partial charge in [0.05, 0.1) is 0 Å². The topological polar surface area (TPSA) is 44.4 Å². The molecule has 15 heavy (non-hydrogen) atoms. The smallest absolute Gasteiger partial charge is 0.317 e. The zero-order chi connectivity index (χ0) is 10.5. The first-order valence-electron chi connectivity index (χ1n) is 6.10. The first-order chi connectivity index (χ1) is 7.36.